The van der Waals surface area contributed by atoms with E-state index in [-0.39, 0.29) is 0 Å². The Bertz CT molecular complexity index is 774. The van der Waals surface area contributed by atoms with Crippen LogP contribution in [-0.4, -0.2) is 0 Å². The highest BCUT2D eigenvalue weighted by atomic mass is 15.1. The van der Waals surface area contributed by atoms with Gasteiger partial charge in [-0.15, -0.1) is 0 Å². The molecule has 0 radical (unpaired) electrons. The second kappa shape index (κ2) is 7.11. The van der Waals surface area contributed by atoms with Crippen LogP contribution in [-0.2, 0) is 0 Å². The molecule has 23 heavy (non-hydrogen) atoms. The fourth-order valence-corrected chi connectivity index (χ4v) is 2.33. The summed E-state index contributed by atoms with van der Waals surface area (Å²) in [7, 11) is 0. The molecule has 0 bridgehead atoms. The third-order valence-electron chi connectivity index (χ3n) is 3.52. The monoisotopic (exact) mass is 296 g/mol. The minimum Gasteiger partial charge on any atom is -0.317 e. The van der Waals surface area contributed by atoms with E-state index in [4.69, 9.17) is 5.26 Å². The molecule has 0 aliphatic heterocycles. The first-order valence-electron chi connectivity index (χ1n) is 7.44. The summed E-state index contributed by atoms with van der Waals surface area (Å²) in [4.78, 5) is 2.14. The van der Waals surface area contributed by atoms with Crippen molar-refractivity contribution in [3.8, 4) is 6.07 Å². The molecule has 2 nitrogen and oxygen atoms in total. The SMILES string of the molecule is N#Cc1ccc(C=CN(c2ccccc2)c2ccccc2)cc1. The van der Waals surface area contributed by atoms with Gasteiger partial charge < -0.3 is 4.90 Å². The molecule has 0 unspecified atom stereocenters. The fraction of sp³-hybridized carbons (Fsp3) is 0. The Morgan fingerprint density at radius 2 is 1.22 bits per heavy atom. The van der Waals surface area contributed by atoms with Crippen molar-refractivity contribution in [2.75, 3.05) is 4.90 Å². The maximum atomic E-state index is 8.87. The molecule has 0 aliphatic carbocycles. The molecule has 3 rings (SSSR count). The van der Waals surface area contributed by atoms with E-state index in [2.05, 4.69) is 35.2 Å². The molecule has 2 heteroatoms. The Kier molecular flexibility index (Phi) is 4.52. The highest BCUT2D eigenvalue weighted by Crippen LogP contribution is 2.25. The summed E-state index contributed by atoms with van der Waals surface area (Å²) in [6.45, 7) is 0. The van der Waals surface area contributed by atoms with Crippen molar-refractivity contribution in [1.29, 1.82) is 5.26 Å². The molecule has 0 aliphatic rings. The summed E-state index contributed by atoms with van der Waals surface area (Å²) in [6, 6.07) is 30.1. The number of benzene rings is 3. The van der Waals surface area contributed by atoms with E-state index < -0.39 is 0 Å². The van der Waals surface area contributed by atoms with Crippen LogP contribution in [0, 0.1) is 11.3 Å². The predicted octanol–water partition coefficient (Wildman–Crippen LogP) is 5.37. The lowest BCUT2D eigenvalue weighted by Gasteiger charge is -2.20. The number of rotatable bonds is 4. The van der Waals surface area contributed by atoms with Gasteiger partial charge in [-0.1, -0.05) is 48.5 Å². The van der Waals surface area contributed by atoms with Gasteiger partial charge in [-0.25, -0.2) is 0 Å². The van der Waals surface area contributed by atoms with Crippen molar-refractivity contribution in [3.63, 3.8) is 0 Å². The average molecular weight is 296 g/mol. The first-order chi connectivity index (χ1) is 11.4. The van der Waals surface area contributed by atoms with Crippen molar-refractivity contribution in [2.24, 2.45) is 0 Å². The van der Waals surface area contributed by atoms with Crippen LogP contribution in [0.5, 0.6) is 0 Å². The summed E-state index contributed by atoms with van der Waals surface area (Å²) in [6.07, 6.45) is 4.09. The number of nitriles is 1. The molecule has 0 spiro atoms. The van der Waals surface area contributed by atoms with Gasteiger partial charge in [0.15, 0.2) is 0 Å². The maximum absolute atomic E-state index is 8.87. The molecular weight excluding hydrogens is 280 g/mol. The van der Waals surface area contributed by atoms with E-state index in [0.29, 0.717) is 5.56 Å². The number of hydrogen-bond donors (Lipinski definition) is 0. The number of para-hydroxylation sites is 2. The van der Waals surface area contributed by atoms with Crippen molar-refractivity contribution in [2.45, 2.75) is 0 Å². The molecule has 0 atom stereocenters. The van der Waals surface area contributed by atoms with Crippen molar-refractivity contribution in [3.05, 3.63) is 102 Å². The van der Waals surface area contributed by atoms with E-state index >= 15 is 0 Å². The Hall–Kier alpha value is -3.31. The van der Waals surface area contributed by atoms with Crippen LogP contribution in [0.15, 0.2) is 91.1 Å². The fourth-order valence-electron chi connectivity index (χ4n) is 2.33. The highest BCUT2D eigenvalue weighted by molar-refractivity contribution is 5.69. The van der Waals surface area contributed by atoms with Gasteiger partial charge in [-0.2, -0.15) is 5.26 Å². The van der Waals surface area contributed by atoms with Crippen LogP contribution in [0.1, 0.15) is 11.1 Å². The van der Waals surface area contributed by atoms with Crippen LogP contribution in [0.25, 0.3) is 6.08 Å². The van der Waals surface area contributed by atoms with E-state index in [1.807, 2.05) is 72.9 Å². The van der Waals surface area contributed by atoms with Crippen LogP contribution in [0.3, 0.4) is 0 Å². The van der Waals surface area contributed by atoms with Gasteiger partial charge >= 0.3 is 0 Å². The molecule has 0 amide bonds. The van der Waals surface area contributed by atoms with Gasteiger partial charge in [-0.3, -0.25) is 0 Å². The van der Waals surface area contributed by atoms with E-state index in [0.717, 1.165) is 16.9 Å². The molecule has 0 fully saturated rings. The third kappa shape index (κ3) is 3.66. The lowest BCUT2D eigenvalue weighted by atomic mass is 10.1. The first kappa shape index (κ1) is 14.6. The predicted molar refractivity (Wildman–Crippen MR) is 95.2 cm³/mol. The summed E-state index contributed by atoms with van der Waals surface area (Å²) >= 11 is 0. The first-order valence-corrected chi connectivity index (χ1v) is 7.44. The molecule has 0 saturated heterocycles. The van der Waals surface area contributed by atoms with Gasteiger partial charge in [-0.05, 0) is 48.0 Å². The quantitative estimate of drug-likeness (QED) is 0.647. The van der Waals surface area contributed by atoms with Gasteiger partial charge in [0, 0.05) is 17.6 Å². The Morgan fingerprint density at radius 3 is 1.70 bits per heavy atom. The van der Waals surface area contributed by atoms with E-state index in [1.54, 1.807) is 0 Å². The van der Waals surface area contributed by atoms with E-state index in [9.17, 15) is 0 Å². The summed E-state index contributed by atoms with van der Waals surface area (Å²) in [5, 5.41) is 8.87. The Balaban J connectivity index is 1.93. The highest BCUT2D eigenvalue weighted by Gasteiger charge is 2.04. The lowest BCUT2D eigenvalue weighted by molar-refractivity contribution is 1.29. The smallest absolute Gasteiger partial charge is 0.0991 e. The topological polar surface area (TPSA) is 27.0 Å². The molecule has 0 heterocycles. The largest absolute Gasteiger partial charge is 0.317 e. The summed E-state index contributed by atoms with van der Waals surface area (Å²) in [5.41, 5.74) is 3.93. The standard InChI is InChI=1S/C21H16N2/c22-17-19-13-11-18(12-14-19)15-16-23(20-7-3-1-4-8-20)21-9-5-2-6-10-21/h1-16H. The molecule has 110 valence electrons. The molecular formula is C21H16N2. The van der Waals surface area contributed by atoms with Crippen molar-refractivity contribution in [1.82, 2.24) is 0 Å². The summed E-state index contributed by atoms with van der Waals surface area (Å²) < 4.78 is 0. The van der Waals surface area contributed by atoms with E-state index in [1.165, 1.54) is 0 Å². The minimum atomic E-state index is 0.671. The van der Waals surface area contributed by atoms with Crippen molar-refractivity contribution < 1.29 is 0 Å². The molecule has 3 aromatic rings. The number of anilines is 2. The van der Waals surface area contributed by atoms with Gasteiger partial charge in [0.25, 0.3) is 0 Å². The molecule has 0 saturated carbocycles. The second-order valence-electron chi connectivity index (χ2n) is 5.09. The van der Waals surface area contributed by atoms with Crippen molar-refractivity contribution >= 4 is 17.5 Å². The third-order valence-corrected chi connectivity index (χ3v) is 3.52. The zero-order valence-electron chi connectivity index (χ0n) is 12.6. The minimum absolute atomic E-state index is 0.671. The second-order valence-corrected chi connectivity index (χ2v) is 5.09. The average Bonchev–Trinajstić information content (AvgIpc) is 2.64. The zero-order chi connectivity index (χ0) is 15.9. The van der Waals surface area contributed by atoms with Gasteiger partial charge in [0.05, 0.1) is 11.6 Å². The van der Waals surface area contributed by atoms with Crippen LogP contribution >= 0.6 is 0 Å². The Labute approximate surface area is 136 Å². The lowest BCUT2D eigenvalue weighted by Crippen LogP contribution is -2.07. The number of nitrogens with zero attached hydrogens (tertiary/aromatic N) is 2. The molecule has 0 aromatic heterocycles. The molecule has 0 N–H and O–H groups in total. The van der Waals surface area contributed by atoms with Gasteiger partial charge in [0.2, 0.25) is 0 Å². The maximum Gasteiger partial charge on any atom is 0.0991 e. The van der Waals surface area contributed by atoms with Gasteiger partial charge in [0.1, 0.15) is 0 Å². The van der Waals surface area contributed by atoms with Crippen LogP contribution in [0.2, 0.25) is 0 Å². The summed E-state index contributed by atoms with van der Waals surface area (Å²) in [5.74, 6) is 0. The van der Waals surface area contributed by atoms with Crippen LogP contribution in [0.4, 0.5) is 11.4 Å². The Morgan fingerprint density at radius 1 is 0.696 bits per heavy atom. The normalized spacial score (nSPS) is 10.4. The molecule has 3 aromatic carbocycles. The number of hydrogen-bond acceptors (Lipinski definition) is 2. The zero-order valence-corrected chi connectivity index (χ0v) is 12.6. The van der Waals surface area contributed by atoms with Crippen LogP contribution < -0.4 is 4.90 Å².